The molecule has 2 N–H and O–H groups in total. The molecule has 0 radical (unpaired) electrons. The third-order valence-corrected chi connectivity index (χ3v) is 2.15. The minimum absolute atomic E-state index is 0.259. The van der Waals surface area contributed by atoms with Gasteiger partial charge in [0.15, 0.2) is 5.76 Å². The number of nitrogens with two attached hydrogens (primary N) is 1. The van der Waals surface area contributed by atoms with Crippen molar-refractivity contribution in [2.75, 3.05) is 0 Å². The first-order valence-corrected chi connectivity index (χ1v) is 4.64. The van der Waals surface area contributed by atoms with Gasteiger partial charge in [-0.25, -0.2) is 4.39 Å². The second kappa shape index (κ2) is 3.82. The minimum atomic E-state index is -0.288. The van der Waals surface area contributed by atoms with E-state index in [1.54, 1.807) is 25.3 Å². The lowest BCUT2D eigenvalue weighted by molar-refractivity contribution is 0.368. The van der Waals surface area contributed by atoms with E-state index in [1.807, 2.05) is 0 Å². The van der Waals surface area contributed by atoms with Gasteiger partial charge in [-0.2, -0.15) is 0 Å². The largest absolute Gasteiger partial charge is 0.359 e. The molecule has 1 heterocycles. The average Bonchev–Trinajstić information content (AvgIpc) is 2.65. The van der Waals surface area contributed by atoms with Crippen LogP contribution in [0, 0.1) is 5.82 Å². The maximum Gasteiger partial charge on any atom is 0.160 e. The van der Waals surface area contributed by atoms with Crippen LogP contribution in [-0.2, 0) is 0 Å². The molecule has 1 unspecified atom stereocenters. The van der Waals surface area contributed by atoms with Gasteiger partial charge in [-0.05, 0) is 24.6 Å². The molecule has 0 saturated carbocycles. The molecule has 4 heteroatoms. The number of halogens is 1. The normalized spacial score (nSPS) is 12.7. The Bertz CT molecular complexity index is 465. The molecule has 0 bridgehead atoms. The number of hydrogen-bond donors (Lipinski definition) is 1. The number of hydrogen-bond acceptors (Lipinski definition) is 3. The van der Waals surface area contributed by atoms with Gasteiger partial charge in [0, 0.05) is 5.56 Å². The van der Waals surface area contributed by atoms with Crippen molar-refractivity contribution >= 4 is 0 Å². The van der Waals surface area contributed by atoms with Crippen LogP contribution in [0.2, 0.25) is 0 Å². The smallest absolute Gasteiger partial charge is 0.160 e. The van der Waals surface area contributed by atoms with Crippen molar-refractivity contribution < 1.29 is 8.91 Å². The number of nitrogens with zero attached hydrogens (tertiary/aromatic N) is 1. The Kier molecular flexibility index (Phi) is 2.51. The molecular formula is C11H11FN2O. The van der Waals surface area contributed by atoms with Gasteiger partial charge in [-0.3, -0.25) is 0 Å². The second-order valence-corrected chi connectivity index (χ2v) is 3.40. The maximum atomic E-state index is 13.0. The monoisotopic (exact) mass is 206 g/mol. The van der Waals surface area contributed by atoms with Gasteiger partial charge in [-0.15, -0.1) is 0 Å². The zero-order valence-electron chi connectivity index (χ0n) is 8.27. The predicted molar refractivity (Wildman–Crippen MR) is 54.5 cm³/mol. The molecule has 0 aliphatic carbocycles. The molecule has 0 fully saturated rings. The van der Waals surface area contributed by atoms with E-state index in [0.717, 1.165) is 11.1 Å². The van der Waals surface area contributed by atoms with Crippen LogP contribution in [0.4, 0.5) is 4.39 Å². The van der Waals surface area contributed by atoms with E-state index in [0.29, 0.717) is 5.76 Å². The third-order valence-electron chi connectivity index (χ3n) is 2.15. The van der Waals surface area contributed by atoms with E-state index in [1.165, 1.54) is 12.1 Å². The molecule has 1 aromatic heterocycles. The third kappa shape index (κ3) is 1.89. The molecule has 0 amide bonds. The Hall–Kier alpha value is -1.68. The molecule has 2 rings (SSSR count). The van der Waals surface area contributed by atoms with E-state index >= 15 is 0 Å². The van der Waals surface area contributed by atoms with Crippen molar-refractivity contribution in [1.29, 1.82) is 0 Å². The van der Waals surface area contributed by atoms with Crippen molar-refractivity contribution in [3.8, 4) is 11.1 Å². The van der Waals surface area contributed by atoms with Crippen LogP contribution < -0.4 is 5.73 Å². The summed E-state index contributed by atoms with van der Waals surface area (Å²) in [6.45, 7) is 1.79. The summed E-state index contributed by atoms with van der Waals surface area (Å²) in [4.78, 5) is 0. The van der Waals surface area contributed by atoms with Crippen LogP contribution in [0.3, 0.4) is 0 Å². The van der Waals surface area contributed by atoms with Gasteiger partial charge in [0.1, 0.15) is 5.82 Å². The van der Waals surface area contributed by atoms with Crippen LogP contribution >= 0.6 is 0 Å². The Balaban J connectivity index is 2.49. The van der Waals surface area contributed by atoms with Crippen molar-refractivity contribution in [2.24, 2.45) is 5.73 Å². The lowest BCUT2D eigenvalue weighted by Gasteiger charge is -2.03. The quantitative estimate of drug-likeness (QED) is 0.821. The first kappa shape index (κ1) is 9.86. The first-order chi connectivity index (χ1) is 7.18. The summed E-state index contributed by atoms with van der Waals surface area (Å²) >= 11 is 0. The van der Waals surface area contributed by atoms with Crippen LogP contribution in [0.25, 0.3) is 11.1 Å². The number of aromatic nitrogens is 1. The molecule has 15 heavy (non-hydrogen) atoms. The van der Waals surface area contributed by atoms with Crippen LogP contribution in [0.5, 0.6) is 0 Å². The summed E-state index contributed by atoms with van der Waals surface area (Å²) in [5, 5.41) is 3.67. The summed E-state index contributed by atoms with van der Waals surface area (Å²) in [5.74, 6) is 0.282. The van der Waals surface area contributed by atoms with Gasteiger partial charge in [-0.1, -0.05) is 17.3 Å². The van der Waals surface area contributed by atoms with Crippen LogP contribution in [0.15, 0.2) is 35.0 Å². The molecule has 1 aromatic carbocycles. The SMILES string of the molecule is CC(N)c1oncc1-c1cccc(F)c1. The highest BCUT2D eigenvalue weighted by molar-refractivity contribution is 5.64. The van der Waals surface area contributed by atoms with Crippen molar-refractivity contribution in [2.45, 2.75) is 13.0 Å². The summed E-state index contributed by atoms with van der Waals surface area (Å²) in [6, 6.07) is 6.00. The lowest BCUT2D eigenvalue weighted by Crippen LogP contribution is -2.04. The van der Waals surface area contributed by atoms with Crippen LogP contribution in [-0.4, -0.2) is 5.16 Å². The molecule has 2 aromatic rings. The minimum Gasteiger partial charge on any atom is -0.359 e. The molecule has 1 atom stereocenters. The standard InChI is InChI=1S/C11H11FN2O/c1-7(13)11-10(6-14-15-11)8-3-2-4-9(12)5-8/h2-7H,13H2,1H3. The molecule has 0 saturated heterocycles. The zero-order chi connectivity index (χ0) is 10.8. The first-order valence-electron chi connectivity index (χ1n) is 4.64. The lowest BCUT2D eigenvalue weighted by atomic mass is 10.0. The topological polar surface area (TPSA) is 52.0 Å². The average molecular weight is 206 g/mol. The van der Waals surface area contributed by atoms with Crippen molar-refractivity contribution in [1.82, 2.24) is 5.16 Å². The van der Waals surface area contributed by atoms with Crippen LogP contribution in [0.1, 0.15) is 18.7 Å². The summed E-state index contributed by atoms with van der Waals surface area (Å²) in [6.07, 6.45) is 1.55. The highest BCUT2D eigenvalue weighted by atomic mass is 19.1. The molecule has 3 nitrogen and oxygen atoms in total. The molecule has 0 spiro atoms. The zero-order valence-corrected chi connectivity index (χ0v) is 8.27. The highest BCUT2D eigenvalue weighted by Crippen LogP contribution is 2.27. The van der Waals surface area contributed by atoms with Gasteiger partial charge in [0.2, 0.25) is 0 Å². The fourth-order valence-corrected chi connectivity index (χ4v) is 1.45. The summed E-state index contributed by atoms with van der Waals surface area (Å²) in [5.41, 5.74) is 7.17. The van der Waals surface area contributed by atoms with Crippen molar-refractivity contribution in [3.63, 3.8) is 0 Å². The molecule has 0 aliphatic rings. The van der Waals surface area contributed by atoms with E-state index in [9.17, 15) is 4.39 Å². The Morgan fingerprint density at radius 3 is 2.93 bits per heavy atom. The second-order valence-electron chi connectivity index (χ2n) is 3.40. The Morgan fingerprint density at radius 1 is 1.47 bits per heavy atom. The van der Waals surface area contributed by atoms with Gasteiger partial charge in [0.25, 0.3) is 0 Å². The number of rotatable bonds is 2. The molecular weight excluding hydrogens is 195 g/mol. The fraction of sp³-hybridized carbons (Fsp3) is 0.182. The van der Waals surface area contributed by atoms with E-state index in [2.05, 4.69) is 5.16 Å². The molecule has 0 aliphatic heterocycles. The van der Waals surface area contributed by atoms with Crippen molar-refractivity contribution in [3.05, 3.63) is 42.0 Å². The highest BCUT2D eigenvalue weighted by Gasteiger charge is 2.14. The fourth-order valence-electron chi connectivity index (χ4n) is 1.45. The molecule has 78 valence electrons. The van der Waals surface area contributed by atoms with Gasteiger partial charge < -0.3 is 10.3 Å². The predicted octanol–water partition coefficient (Wildman–Crippen LogP) is 2.50. The Labute approximate surface area is 86.7 Å². The van der Waals surface area contributed by atoms with E-state index in [-0.39, 0.29) is 11.9 Å². The van der Waals surface area contributed by atoms with Gasteiger partial charge >= 0.3 is 0 Å². The maximum absolute atomic E-state index is 13.0. The summed E-state index contributed by atoms with van der Waals surface area (Å²) < 4.78 is 18.0. The van der Waals surface area contributed by atoms with E-state index in [4.69, 9.17) is 10.3 Å². The Morgan fingerprint density at radius 2 is 2.27 bits per heavy atom. The number of benzene rings is 1. The summed E-state index contributed by atoms with van der Waals surface area (Å²) in [7, 11) is 0. The van der Waals surface area contributed by atoms with E-state index < -0.39 is 0 Å². The van der Waals surface area contributed by atoms with Gasteiger partial charge in [0.05, 0.1) is 12.2 Å².